The van der Waals surface area contributed by atoms with Crippen LogP contribution in [0.3, 0.4) is 0 Å². The first kappa shape index (κ1) is 19.0. The standard InChI is InChI=1S/C23H28FN3O2/c24-16-5-6-22-20(13-16)23-19(18-3-1-2-4-21(18)29-22)14-17(25-23)15-27-9-7-26(8-10-27)11-12-28/h1-6,13,17,19,23,25,28H,7-12,14-15H2/t17-,19-,23+/m1/s1. The normalized spacial score (nSPS) is 26.9. The average Bonchev–Trinajstić information content (AvgIpc) is 3.10. The van der Waals surface area contributed by atoms with E-state index in [0.717, 1.165) is 62.8 Å². The number of nitrogens with zero attached hydrogens (tertiary/aromatic N) is 2. The Bertz CT molecular complexity index is 869. The van der Waals surface area contributed by atoms with E-state index in [9.17, 15) is 4.39 Å². The van der Waals surface area contributed by atoms with Gasteiger partial charge in [0.2, 0.25) is 0 Å². The number of aliphatic hydroxyl groups is 1. The van der Waals surface area contributed by atoms with Crippen LogP contribution in [-0.4, -0.2) is 66.8 Å². The minimum Gasteiger partial charge on any atom is -0.457 e. The molecule has 0 bridgehead atoms. The van der Waals surface area contributed by atoms with Gasteiger partial charge in [0.25, 0.3) is 0 Å². The van der Waals surface area contributed by atoms with Crippen molar-refractivity contribution >= 4 is 0 Å². The van der Waals surface area contributed by atoms with E-state index in [2.05, 4.69) is 27.2 Å². The largest absolute Gasteiger partial charge is 0.457 e. The Morgan fingerprint density at radius 1 is 1.00 bits per heavy atom. The Kier molecular flexibility index (Phi) is 5.26. The van der Waals surface area contributed by atoms with Crippen LogP contribution in [0.15, 0.2) is 42.5 Å². The Labute approximate surface area is 171 Å². The molecule has 0 spiro atoms. The second-order valence-corrected chi connectivity index (χ2v) is 8.37. The van der Waals surface area contributed by atoms with E-state index in [1.165, 1.54) is 11.6 Å². The molecule has 0 radical (unpaired) electrons. The first-order chi connectivity index (χ1) is 14.2. The van der Waals surface area contributed by atoms with Crippen LogP contribution in [0.4, 0.5) is 4.39 Å². The van der Waals surface area contributed by atoms with Crippen molar-refractivity contribution in [1.82, 2.24) is 15.1 Å². The topological polar surface area (TPSA) is 48.0 Å². The van der Waals surface area contributed by atoms with Gasteiger partial charge in [0, 0.05) is 62.8 Å². The van der Waals surface area contributed by atoms with E-state index in [4.69, 9.17) is 9.84 Å². The quantitative estimate of drug-likeness (QED) is 0.831. The third-order valence-corrected chi connectivity index (χ3v) is 6.56. The molecular formula is C23H28FN3O2. The minimum atomic E-state index is -0.220. The van der Waals surface area contributed by atoms with Gasteiger partial charge in [-0.05, 0) is 36.2 Å². The van der Waals surface area contributed by atoms with Crippen LogP contribution in [-0.2, 0) is 0 Å². The molecule has 3 aliphatic heterocycles. The molecule has 2 saturated heterocycles. The zero-order chi connectivity index (χ0) is 19.8. The highest BCUT2D eigenvalue weighted by molar-refractivity contribution is 5.50. The van der Waals surface area contributed by atoms with Gasteiger partial charge in [-0.25, -0.2) is 4.39 Å². The molecule has 3 aliphatic rings. The van der Waals surface area contributed by atoms with E-state index in [0.29, 0.717) is 6.04 Å². The highest BCUT2D eigenvalue weighted by atomic mass is 19.1. The third-order valence-electron chi connectivity index (χ3n) is 6.56. The molecular weight excluding hydrogens is 369 g/mol. The molecule has 3 atom stereocenters. The Morgan fingerprint density at radius 3 is 2.59 bits per heavy atom. The van der Waals surface area contributed by atoms with Crippen molar-refractivity contribution in [2.24, 2.45) is 0 Å². The number of fused-ring (bicyclic) bond motifs is 5. The number of β-amino-alcohol motifs (C(OH)–C–C–N with tert-alkyl or cyclic N) is 1. The second-order valence-electron chi connectivity index (χ2n) is 8.37. The number of nitrogens with one attached hydrogen (secondary N) is 1. The fourth-order valence-electron chi connectivity index (χ4n) is 5.12. The molecule has 5 nitrogen and oxygen atoms in total. The van der Waals surface area contributed by atoms with Gasteiger partial charge in [-0.2, -0.15) is 0 Å². The van der Waals surface area contributed by atoms with Gasteiger partial charge < -0.3 is 15.2 Å². The van der Waals surface area contributed by atoms with E-state index in [1.807, 2.05) is 12.1 Å². The van der Waals surface area contributed by atoms with Crippen molar-refractivity contribution in [3.05, 3.63) is 59.4 Å². The summed E-state index contributed by atoms with van der Waals surface area (Å²) in [5, 5.41) is 12.9. The van der Waals surface area contributed by atoms with E-state index in [-0.39, 0.29) is 24.4 Å². The summed E-state index contributed by atoms with van der Waals surface area (Å²) in [6.07, 6.45) is 1.01. The number of benzene rings is 2. The lowest BCUT2D eigenvalue weighted by molar-refractivity contribution is 0.107. The van der Waals surface area contributed by atoms with E-state index in [1.54, 1.807) is 12.1 Å². The SMILES string of the molecule is OCCN1CCN(C[C@H]2C[C@@H]3c4ccccc4Oc4ccc(F)cc4[C@H]3N2)CC1. The Morgan fingerprint density at radius 2 is 1.76 bits per heavy atom. The molecule has 0 unspecified atom stereocenters. The van der Waals surface area contributed by atoms with Crippen LogP contribution in [0, 0.1) is 5.82 Å². The summed E-state index contributed by atoms with van der Waals surface area (Å²) in [5.74, 6) is 1.68. The third kappa shape index (κ3) is 3.78. The molecule has 154 valence electrons. The highest BCUT2D eigenvalue weighted by Crippen LogP contribution is 2.50. The molecule has 3 heterocycles. The molecule has 5 rings (SSSR count). The van der Waals surface area contributed by atoms with E-state index >= 15 is 0 Å². The van der Waals surface area contributed by atoms with E-state index < -0.39 is 0 Å². The lowest BCUT2D eigenvalue weighted by atomic mass is 9.87. The van der Waals surface area contributed by atoms with Crippen LogP contribution in [0.2, 0.25) is 0 Å². The van der Waals surface area contributed by atoms with Crippen LogP contribution >= 0.6 is 0 Å². The summed E-state index contributed by atoms with van der Waals surface area (Å²) in [4.78, 5) is 4.82. The van der Waals surface area contributed by atoms with Crippen LogP contribution in [0.25, 0.3) is 0 Å². The molecule has 29 heavy (non-hydrogen) atoms. The molecule has 6 heteroatoms. The van der Waals surface area contributed by atoms with Gasteiger partial charge >= 0.3 is 0 Å². The summed E-state index contributed by atoms with van der Waals surface area (Å²) in [6.45, 7) is 6.05. The number of ether oxygens (including phenoxy) is 1. The van der Waals surface area contributed by atoms with Crippen molar-refractivity contribution in [2.45, 2.75) is 24.4 Å². The number of piperazine rings is 1. The molecule has 2 aromatic rings. The van der Waals surface area contributed by atoms with Crippen molar-refractivity contribution in [2.75, 3.05) is 45.9 Å². The average molecular weight is 397 g/mol. The number of para-hydroxylation sites is 1. The minimum absolute atomic E-state index is 0.0602. The highest BCUT2D eigenvalue weighted by Gasteiger charge is 2.41. The summed E-state index contributed by atoms with van der Waals surface area (Å²) < 4.78 is 20.2. The zero-order valence-corrected chi connectivity index (χ0v) is 16.6. The number of hydrogen-bond acceptors (Lipinski definition) is 5. The molecule has 0 saturated carbocycles. The van der Waals surface area contributed by atoms with Gasteiger partial charge in [0.05, 0.1) is 6.61 Å². The first-order valence-corrected chi connectivity index (χ1v) is 10.6. The predicted molar refractivity (Wildman–Crippen MR) is 110 cm³/mol. The van der Waals surface area contributed by atoms with Crippen molar-refractivity contribution < 1.29 is 14.2 Å². The van der Waals surface area contributed by atoms with Gasteiger partial charge in [-0.3, -0.25) is 9.80 Å². The summed E-state index contributed by atoms with van der Waals surface area (Å²) in [5.41, 5.74) is 2.12. The van der Waals surface area contributed by atoms with Gasteiger partial charge in [0.1, 0.15) is 17.3 Å². The second kappa shape index (κ2) is 8.03. The predicted octanol–water partition coefficient (Wildman–Crippen LogP) is 2.73. The summed E-state index contributed by atoms with van der Waals surface area (Å²) in [6, 6.07) is 13.5. The number of hydrogen-bond donors (Lipinski definition) is 2. The lowest BCUT2D eigenvalue weighted by Crippen LogP contribution is -2.50. The number of halogens is 1. The number of aliphatic hydroxyl groups excluding tert-OH is 1. The maximum absolute atomic E-state index is 14.1. The van der Waals surface area contributed by atoms with Gasteiger partial charge in [-0.15, -0.1) is 0 Å². The molecule has 0 aromatic heterocycles. The smallest absolute Gasteiger partial charge is 0.132 e. The Balaban J connectivity index is 1.36. The molecule has 2 aromatic carbocycles. The first-order valence-electron chi connectivity index (χ1n) is 10.6. The fourth-order valence-corrected chi connectivity index (χ4v) is 5.12. The maximum atomic E-state index is 14.1. The Hall–Kier alpha value is -1.99. The van der Waals surface area contributed by atoms with Crippen LogP contribution < -0.4 is 10.1 Å². The van der Waals surface area contributed by atoms with Gasteiger partial charge in [-0.1, -0.05) is 18.2 Å². The van der Waals surface area contributed by atoms with Gasteiger partial charge in [0.15, 0.2) is 0 Å². The van der Waals surface area contributed by atoms with Crippen LogP contribution in [0.5, 0.6) is 11.5 Å². The number of rotatable bonds is 4. The molecule has 0 amide bonds. The van der Waals surface area contributed by atoms with Crippen molar-refractivity contribution in [3.63, 3.8) is 0 Å². The monoisotopic (exact) mass is 397 g/mol. The maximum Gasteiger partial charge on any atom is 0.132 e. The zero-order valence-electron chi connectivity index (χ0n) is 16.6. The summed E-state index contributed by atoms with van der Waals surface area (Å²) in [7, 11) is 0. The summed E-state index contributed by atoms with van der Waals surface area (Å²) >= 11 is 0. The van der Waals surface area contributed by atoms with Crippen molar-refractivity contribution in [1.29, 1.82) is 0 Å². The lowest BCUT2D eigenvalue weighted by Gasteiger charge is -2.35. The van der Waals surface area contributed by atoms with Crippen LogP contribution in [0.1, 0.15) is 29.5 Å². The van der Waals surface area contributed by atoms with Crippen molar-refractivity contribution in [3.8, 4) is 11.5 Å². The molecule has 2 fully saturated rings. The molecule has 0 aliphatic carbocycles. The molecule has 2 N–H and O–H groups in total. The fraction of sp³-hybridized carbons (Fsp3) is 0.478.